The molecule has 1 heterocycles. The minimum absolute atomic E-state index is 0.0225. The molecule has 2 N–H and O–H groups in total. The van der Waals surface area contributed by atoms with Gasteiger partial charge >= 0.3 is 0 Å². The van der Waals surface area contributed by atoms with Crippen molar-refractivity contribution in [2.24, 2.45) is 0 Å². The van der Waals surface area contributed by atoms with Crippen molar-refractivity contribution >= 4 is 27.0 Å². The Morgan fingerprint density at radius 3 is 2.62 bits per heavy atom. The van der Waals surface area contributed by atoms with Gasteiger partial charge in [-0.2, -0.15) is 4.31 Å². The molecule has 0 amide bonds. The molecule has 0 aliphatic carbocycles. The van der Waals surface area contributed by atoms with Crippen molar-refractivity contribution in [3.05, 3.63) is 39.8 Å². The van der Waals surface area contributed by atoms with E-state index in [0.717, 1.165) is 21.3 Å². The molecule has 0 radical (unpaired) electrons. The van der Waals surface area contributed by atoms with Gasteiger partial charge in [0.1, 0.15) is 4.90 Å². The summed E-state index contributed by atoms with van der Waals surface area (Å²) < 4.78 is 52.7. The van der Waals surface area contributed by atoms with Crippen LogP contribution in [0.4, 0.5) is 14.5 Å². The zero-order valence-electron chi connectivity index (χ0n) is 11.3. The molecule has 0 saturated carbocycles. The number of hydrogen-bond acceptors (Lipinski definition) is 5. The van der Waals surface area contributed by atoms with Crippen LogP contribution in [0, 0.1) is 18.6 Å². The van der Waals surface area contributed by atoms with Crippen LogP contribution < -0.4 is 5.73 Å². The summed E-state index contributed by atoms with van der Waals surface area (Å²) in [5.74, 6) is -2.73. The van der Waals surface area contributed by atoms with Crippen molar-refractivity contribution in [2.45, 2.75) is 18.4 Å². The number of thiazole rings is 1. The maximum atomic E-state index is 13.7. The molecule has 0 atom stereocenters. The standard InChI is InChI=1S/C12H13F2N3O2S2/c1-7-10(20-6-16-7)5-17(2)21(18,19)11-4-8(15)3-9(13)12(11)14/h3-4,6H,5,15H2,1-2H3. The number of sulfonamides is 1. The van der Waals surface area contributed by atoms with Crippen molar-refractivity contribution in [1.82, 2.24) is 9.29 Å². The molecule has 0 fully saturated rings. The maximum Gasteiger partial charge on any atom is 0.246 e. The quantitative estimate of drug-likeness (QED) is 0.870. The monoisotopic (exact) mass is 333 g/mol. The Morgan fingerprint density at radius 1 is 1.38 bits per heavy atom. The molecule has 2 aromatic rings. The Hall–Kier alpha value is -1.58. The first-order valence-corrected chi connectivity index (χ1v) is 8.15. The average molecular weight is 333 g/mol. The summed E-state index contributed by atoms with van der Waals surface area (Å²) in [5, 5.41) is 0. The van der Waals surface area contributed by atoms with Gasteiger partial charge in [-0.15, -0.1) is 11.3 Å². The van der Waals surface area contributed by atoms with Crippen LogP contribution in [0.1, 0.15) is 10.6 Å². The number of nitrogens with two attached hydrogens (primary N) is 1. The summed E-state index contributed by atoms with van der Waals surface area (Å²) in [7, 11) is -2.90. The summed E-state index contributed by atoms with van der Waals surface area (Å²) in [6.07, 6.45) is 0. The number of aryl methyl sites for hydroxylation is 1. The van der Waals surface area contributed by atoms with E-state index in [2.05, 4.69) is 4.98 Å². The topological polar surface area (TPSA) is 76.3 Å². The molecule has 0 aliphatic rings. The second-order valence-corrected chi connectivity index (χ2v) is 7.39. The number of nitrogen functional groups attached to an aromatic ring is 1. The van der Waals surface area contributed by atoms with Gasteiger partial charge in [-0.1, -0.05) is 0 Å². The summed E-state index contributed by atoms with van der Waals surface area (Å²) in [5.41, 5.74) is 7.51. The van der Waals surface area contributed by atoms with E-state index in [4.69, 9.17) is 5.73 Å². The highest BCUT2D eigenvalue weighted by molar-refractivity contribution is 7.89. The normalized spacial score (nSPS) is 12.0. The van der Waals surface area contributed by atoms with Crippen molar-refractivity contribution in [1.29, 1.82) is 0 Å². The van der Waals surface area contributed by atoms with Gasteiger partial charge in [0.25, 0.3) is 0 Å². The van der Waals surface area contributed by atoms with E-state index in [1.165, 1.54) is 18.4 Å². The molecule has 114 valence electrons. The van der Waals surface area contributed by atoms with Gasteiger partial charge in [0.05, 0.1) is 11.2 Å². The first-order valence-electron chi connectivity index (χ1n) is 5.83. The van der Waals surface area contributed by atoms with Crippen LogP contribution in [-0.2, 0) is 16.6 Å². The molecule has 5 nitrogen and oxygen atoms in total. The molecule has 2 rings (SSSR count). The Morgan fingerprint density at radius 2 is 2.05 bits per heavy atom. The van der Waals surface area contributed by atoms with Crippen LogP contribution in [0.15, 0.2) is 22.5 Å². The fourth-order valence-electron chi connectivity index (χ4n) is 1.70. The second-order valence-electron chi connectivity index (χ2n) is 4.44. The molecule has 0 aliphatic heterocycles. The molecule has 9 heteroatoms. The van der Waals surface area contributed by atoms with Gasteiger partial charge < -0.3 is 5.73 Å². The molecular formula is C12H13F2N3O2S2. The second kappa shape index (κ2) is 5.66. The van der Waals surface area contributed by atoms with Crippen LogP contribution in [0.25, 0.3) is 0 Å². The molecule has 1 aromatic carbocycles. The van der Waals surface area contributed by atoms with E-state index in [0.29, 0.717) is 5.69 Å². The number of benzene rings is 1. The van der Waals surface area contributed by atoms with E-state index in [1.807, 2.05) is 0 Å². The number of aromatic nitrogens is 1. The third kappa shape index (κ3) is 3.04. The molecule has 0 bridgehead atoms. The smallest absolute Gasteiger partial charge is 0.246 e. The lowest BCUT2D eigenvalue weighted by atomic mass is 10.3. The minimum atomic E-state index is -4.19. The summed E-state index contributed by atoms with van der Waals surface area (Å²) in [4.78, 5) is 3.97. The minimum Gasteiger partial charge on any atom is -0.399 e. The fourth-order valence-corrected chi connectivity index (χ4v) is 3.86. The van der Waals surface area contributed by atoms with Gasteiger partial charge in [0.15, 0.2) is 11.6 Å². The largest absolute Gasteiger partial charge is 0.399 e. The van der Waals surface area contributed by atoms with E-state index < -0.39 is 26.6 Å². The van der Waals surface area contributed by atoms with Crippen molar-refractivity contribution in [3.63, 3.8) is 0 Å². The zero-order chi connectivity index (χ0) is 15.8. The molecule has 1 aromatic heterocycles. The van der Waals surface area contributed by atoms with E-state index in [-0.39, 0.29) is 12.2 Å². The number of rotatable bonds is 4. The number of nitrogens with zero attached hydrogens (tertiary/aromatic N) is 2. The highest BCUT2D eigenvalue weighted by Gasteiger charge is 2.27. The van der Waals surface area contributed by atoms with Crippen LogP contribution in [0.2, 0.25) is 0 Å². The van der Waals surface area contributed by atoms with Crippen LogP contribution >= 0.6 is 11.3 Å². The third-order valence-electron chi connectivity index (χ3n) is 2.92. The van der Waals surface area contributed by atoms with Gasteiger partial charge in [-0.25, -0.2) is 22.2 Å². The number of anilines is 1. The Kier molecular flexibility index (Phi) is 4.26. The van der Waals surface area contributed by atoms with Crippen molar-refractivity contribution in [3.8, 4) is 0 Å². The first kappa shape index (κ1) is 15.8. The lowest BCUT2D eigenvalue weighted by molar-refractivity contribution is 0.449. The van der Waals surface area contributed by atoms with Crippen molar-refractivity contribution < 1.29 is 17.2 Å². The van der Waals surface area contributed by atoms with Gasteiger partial charge in [0.2, 0.25) is 10.0 Å². The van der Waals surface area contributed by atoms with Crippen LogP contribution in [0.3, 0.4) is 0 Å². The van der Waals surface area contributed by atoms with Crippen molar-refractivity contribution in [2.75, 3.05) is 12.8 Å². The Bertz CT molecular complexity index is 775. The predicted octanol–water partition coefficient (Wildman–Crippen LogP) is 2.13. The van der Waals surface area contributed by atoms with Gasteiger partial charge in [-0.3, -0.25) is 0 Å². The zero-order valence-corrected chi connectivity index (χ0v) is 12.9. The number of hydrogen-bond donors (Lipinski definition) is 1. The van der Waals surface area contributed by atoms with E-state index >= 15 is 0 Å². The van der Waals surface area contributed by atoms with Gasteiger partial charge in [-0.05, 0) is 19.1 Å². The van der Waals surface area contributed by atoms with E-state index in [1.54, 1.807) is 12.4 Å². The summed E-state index contributed by atoms with van der Waals surface area (Å²) in [6.45, 7) is 1.77. The highest BCUT2D eigenvalue weighted by atomic mass is 32.2. The highest BCUT2D eigenvalue weighted by Crippen LogP contribution is 2.25. The Labute approximate surface area is 125 Å². The average Bonchev–Trinajstić information content (AvgIpc) is 2.79. The lowest BCUT2D eigenvalue weighted by Crippen LogP contribution is -2.27. The third-order valence-corrected chi connectivity index (χ3v) is 5.64. The Balaban J connectivity index is 2.40. The van der Waals surface area contributed by atoms with Gasteiger partial charge in [0, 0.05) is 24.2 Å². The fraction of sp³-hybridized carbons (Fsp3) is 0.250. The number of halogens is 2. The van der Waals surface area contributed by atoms with Crippen LogP contribution in [0.5, 0.6) is 0 Å². The molecule has 0 spiro atoms. The SMILES string of the molecule is Cc1ncsc1CN(C)S(=O)(=O)c1cc(N)cc(F)c1F. The van der Waals surface area contributed by atoms with Crippen LogP contribution in [-0.4, -0.2) is 24.8 Å². The molecule has 0 saturated heterocycles. The lowest BCUT2D eigenvalue weighted by Gasteiger charge is -2.17. The predicted molar refractivity (Wildman–Crippen MR) is 76.3 cm³/mol. The van der Waals surface area contributed by atoms with E-state index in [9.17, 15) is 17.2 Å². The molecule has 21 heavy (non-hydrogen) atoms. The molecular weight excluding hydrogens is 320 g/mol. The summed E-state index contributed by atoms with van der Waals surface area (Å²) >= 11 is 1.29. The molecule has 0 unspecified atom stereocenters. The first-order chi connectivity index (χ1) is 9.73. The maximum absolute atomic E-state index is 13.7. The summed E-state index contributed by atoms with van der Waals surface area (Å²) in [6, 6.07) is 1.64.